The van der Waals surface area contributed by atoms with Crippen molar-refractivity contribution in [2.75, 3.05) is 7.05 Å². The third kappa shape index (κ3) is 2.52. The fraction of sp³-hybridized carbons (Fsp3) is 0.154. The first-order valence-corrected chi connectivity index (χ1v) is 5.99. The summed E-state index contributed by atoms with van der Waals surface area (Å²) >= 11 is 1.31. The highest BCUT2D eigenvalue weighted by molar-refractivity contribution is 7.16. The largest absolute Gasteiger partial charge is 0.316 e. The average molecular weight is 246 g/mol. The predicted octanol–water partition coefficient (Wildman–Crippen LogP) is 3.15. The number of halogens is 1. The van der Waals surface area contributed by atoms with Crippen molar-refractivity contribution in [3.8, 4) is 16.5 Å². The summed E-state index contributed by atoms with van der Waals surface area (Å²) in [4.78, 5) is 1.38. The lowest BCUT2D eigenvalue weighted by atomic mass is 10.1. The van der Waals surface area contributed by atoms with E-state index < -0.39 is 0 Å². The molecule has 0 saturated carbocycles. The van der Waals surface area contributed by atoms with Crippen molar-refractivity contribution in [2.24, 2.45) is 0 Å². The molecule has 1 N–H and O–H groups in total. The summed E-state index contributed by atoms with van der Waals surface area (Å²) in [5.41, 5.74) is 1.58. The number of nitrogens with one attached hydrogen (secondary N) is 1. The number of rotatable bonds is 3. The summed E-state index contributed by atoms with van der Waals surface area (Å²) < 4.78 is 13.7. The minimum absolute atomic E-state index is 0.254. The third-order valence-electron chi connectivity index (χ3n) is 2.39. The number of benzene rings is 1. The lowest BCUT2D eigenvalue weighted by Crippen LogP contribution is -2.05. The van der Waals surface area contributed by atoms with Crippen LogP contribution in [-0.4, -0.2) is 7.05 Å². The zero-order valence-electron chi connectivity index (χ0n) is 9.33. The molecule has 0 saturated heterocycles. The molecule has 0 atom stereocenters. The number of nitrogens with zero attached hydrogens (tertiary/aromatic N) is 1. The van der Waals surface area contributed by atoms with E-state index in [-0.39, 0.29) is 5.82 Å². The molecule has 0 amide bonds. The van der Waals surface area contributed by atoms with Crippen LogP contribution in [0.15, 0.2) is 30.3 Å². The summed E-state index contributed by atoms with van der Waals surface area (Å²) in [5.74, 6) is -0.254. The van der Waals surface area contributed by atoms with E-state index in [1.807, 2.05) is 13.1 Å². The Kier molecular flexibility index (Phi) is 3.52. The Labute approximate surface area is 103 Å². The van der Waals surface area contributed by atoms with Gasteiger partial charge in [-0.25, -0.2) is 4.39 Å². The van der Waals surface area contributed by atoms with Gasteiger partial charge in [0, 0.05) is 17.0 Å². The highest BCUT2D eigenvalue weighted by atomic mass is 32.1. The number of hydrogen-bond donors (Lipinski definition) is 1. The fourth-order valence-electron chi connectivity index (χ4n) is 1.62. The molecule has 17 heavy (non-hydrogen) atoms. The molecule has 2 nitrogen and oxygen atoms in total. The Morgan fingerprint density at radius 2 is 2.18 bits per heavy atom. The van der Waals surface area contributed by atoms with Gasteiger partial charge in [0.1, 0.15) is 16.8 Å². The molecule has 2 aromatic rings. The van der Waals surface area contributed by atoms with Crippen molar-refractivity contribution in [3.05, 3.63) is 46.6 Å². The molecular weight excluding hydrogens is 235 g/mol. The minimum Gasteiger partial charge on any atom is -0.316 e. The molecule has 0 bridgehead atoms. The number of hydrogen-bond acceptors (Lipinski definition) is 3. The normalized spacial score (nSPS) is 10.2. The standard InChI is InChI=1S/C13H11FN2S/c1-16-8-9-2-4-12(14)11(6-9)13-5-3-10(7-15)17-13/h2-6,16H,8H2,1H3. The van der Waals surface area contributed by atoms with E-state index in [1.165, 1.54) is 17.4 Å². The molecule has 1 aromatic carbocycles. The van der Waals surface area contributed by atoms with E-state index >= 15 is 0 Å². The molecule has 1 aromatic heterocycles. The van der Waals surface area contributed by atoms with Gasteiger partial charge in [-0.15, -0.1) is 11.3 Å². The molecule has 4 heteroatoms. The van der Waals surface area contributed by atoms with Crippen LogP contribution in [0.1, 0.15) is 10.4 Å². The summed E-state index contributed by atoms with van der Waals surface area (Å²) in [5, 5.41) is 11.8. The quantitative estimate of drug-likeness (QED) is 0.903. The van der Waals surface area contributed by atoms with Crippen LogP contribution in [0.5, 0.6) is 0 Å². The van der Waals surface area contributed by atoms with E-state index in [1.54, 1.807) is 18.2 Å². The second-order valence-corrected chi connectivity index (χ2v) is 4.70. The lowest BCUT2D eigenvalue weighted by molar-refractivity contribution is 0.630. The maximum atomic E-state index is 13.7. The first-order valence-electron chi connectivity index (χ1n) is 5.18. The van der Waals surface area contributed by atoms with Crippen LogP contribution in [0.3, 0.4) is 0 Å². The molecule has 1 heterocycles. The average Bonchev–Trinajstić information content (AvgIpc) is 2.80. The zero-order valence-corrected chi connectivity index (χ0v) is 10.1. The van der Waals surface area contributed by atoms with Crippen LogP contribution >= 0.6 is 11.3 Å². The van der Waals surface area contributed by atoms with Gasteiger partial charge in [-0.2, -0.15) is 5.26 Å². The van der Waals surface area contributed by atoms with Crippen molar-refractivity contribution in [2.45, 2.75) is 6.54 Å². The molecular formula is C13H11FN2S. The van der Waals surface area contributed by atoms with Gasteiger partial charge in [-0.1, -0.05) is 6.07 Å². The topological polar surface area (TPSA) is 35.8 Å². The van der Waals surface area contributed by atoms with Crippen LogP contribution in [0.25, 0.3) is 10.4 Å². The monoisotopic (exact) mass is 246 g/mol. The Bertz CT molecular complexity index is 569. The summed E-state index contributed by atoms with van der Waals surface area (Å²) in [6.07, 6.45) is 0. The first kappa shape index (κ1) is 11.8. The molecule has 2 rings (SSSR count). The van der Waals surface area contributed by atoms with E-state index in [2.05, 4.69) is 11.4 Å². The highest BCUT2D eigenvalue weighted by Gasteiger charge is 2.08. The molecule has 0 unspecified atom stereocenters. The van der Waals surface area contributed by atoms with E-state index in [0.29, 0.717) is 17.0 Å². The van der Waals surface area contributed by atoms with Gasteiger partial charge in [-0.3, -0.25) is 0 Å². The van der Waals surface area contributed by atoms with Crippen molar-refractivity contribution in [3.63, 3.8) is 0 Å². The van der Waals surface area contributed by atoms with Gasteiger partial charge in [0.25, 0.3) is 0 Å². The van der Waals surface area contributed by atoms with Crippen molar-refractivity contribution >= 4 is 11.3 Å². The molecule has 0 aliphatic heterocycles. The van der Waals surface area contributed by atoms with Gasteiger partial charge in [0.15, 0.2) is 0 Å². The minimum atomic E-state index is -0.254. The Balaban J connectivity index is 2.43. The third-order valence-corrected chi connectivity index (χ3v) is 3.42. The van der Waals surface area contributed by atoms with E-state index in [0.717, 1.165) is 10.4 Å². The van der Waals surface area contributed by atoms with Crippen molar-refractivity contribution < 1.29 is 4.39 Å². The van der Waals surface area contributed by atoms with Crippen molar-refractivity contribution in [1.29, 1.82) is 5.26 Å². The van der Waals surface area contributed by atoms with Gasteiger partial charge in [-0.05, 0) is 36.9 Å². The molecule has 0 aliphatic rings. The zero-order chi connectivity index (χ0) is 12.3. The fourth-order valence-corrected chi connectivity index (χ4v) is 2.44. The van der Waals surface area contributed by atoms with Crippen LogP contribution in [0.4, 0.5) is 4.39 Å². The number of nitriles is 1. The second-order valence-electron chi connectivity index (χ2n) is 3.62. The van der Waals surface area contributed by atoms with E-state index in [4.69, 9.17) is 5.26 Å². The first-order chi connectivity index (χ1) is 8.24. The predicted molar refractivity (Wildman–Crippen MR) is 67.2 cm³/mol. The van der Waals surface area contributed by atoms with Gasteiger partial charge >= 0.3 is 0 Å². The molecule has 0 aliphatic carbocycles. The molecule has 0 radical (unpaired) electrons. The SMILES string of the molecule is CNCc1ccc(F)c(-c2ccc(C#N)s2)c1. The Morgan fingerprint density at radius 1 is 1.35 bits per heavy atom. The second kappa shape index (κ2) is 5.09. The molecule has 0 fully saturated rings. The maximum absolute atomic E-state index is 13.7. The smallest absolute Gasteiger partial charge is 0.131 e. The van der Waals surface area contributed by atoms with Gasteiger partial charge in [0.05, 0.1) is 0 Å². The maximum Gasteiger partial charge on any atom is 0.131 e. The highest BCUT2D eigenvalue weighted by Crippen LogP contribution is 2.30. The van der Waals surface area contributed by atoms with Gasteiger partial charge in [0.2, 0.25) is 0 Å². The van der Waals surface area contributed by atoms with Crippen LogP contribution in [-0.2, 0) is 6.54 Å². The van der Waals surface area contributed by atoms with Crippen LogP contribution in [0.2, 0.25) is 0 Å². The summed E-state index contributed by atoms with van der Waals surface area (Å²) in [7, 11) is 1.85. The van der Waals surface area contributed by atoms with Crippen molar-refractivity contribution in [1.82, 2.24) is 5.32 Å². The summed E-state index contributed by atoms with van der Waals surface area (Å²) in [6.45, 7) is 0.698. The lowest BCUT2D eigenvalue weighted by Gasteiger charge is -2.04. The van der Waals surface area contributed by atoms with Crippen LogP contribution in [0, 0.1) is 17.1 Å². The summed E-state index contributed by atoms with van der Waals surface area (Å²) in [6, 6.07) is 10.6. The molecule has 86 valence electrons. The van der Waals surface area contributed by atoms with Gasteiger partial charge < -0.3 is 5.32 Å². The molecule has 0 spiro atoms. The Morgan fingerprint density at radius 3 is 2.82 bits per heavy atom. The van der Waals surface area contributed by atoms with Crippen LogP contribution < -0.4 is 5.32 Å². The number of thiophene rings is 1. The van der Waals surface area contributed by atoms with E-state index in [9.17, 15) is 4.39 Å². The Hall–Kier alpha value is -1.70.